The molecule has 2 fully saturated rings. The molecule has 0 unspecified atom stereocenters. The number of halogens is 2. The van der Waals surface area contributed by atoms with Crippen molar-refractivity contribution in [3.05, 3.63) is 28.2 Å². The smallest absolute Gasteiger partial charge is 0.321 e. The average molecular weight is 345 g/mol. The average Bonchev–Trinajstić information content (AvgIpc) is 3.00. The number of anilines is 1. The van der Waals surface area contributed by atoms with Crippen molar-refractivity contribution in [1.29, 1.82) is 0 Å². The van der Waals surface area contributed by atoms with Gasteiger partial charge in [0.1, 0.15) is 0 Å². The maximum atomic E-state index is 12.3. The highest BCUT2D eigenvalue weighted by molar-refractivity contribution is 6.35. The summed E-state index contributed by atoms with van der Waals surface area (Å²) in [6, 6.07) is 4.85. The molecular weight excluding hydrogens is 327 g/mol. The van der Waals surface area contributed by atoms with E-state index in [2.05, 4.69) is 5.32 Å². The number of carbonyl (C=O) groups excluding carboxylic acids is 1. The molecule has 2 aliphatic heterocycles. The molecule has 7 heteroatoms. The van der Waals surface area contributed by atoms with Crippen LogP contribution in [0.5, 0.6) is 0 Å². The van der Waals surface area contributed by atoms with E-state index < -0.39 is 0 Å². The molecule has 0 aromatic heterocycles. The number of hydrogen-bond donors (Lipinski definition) is 1. The van der Waals surface area contributed by atoms with Crippen molar-refractivity contribution in [1.82, 2.24) is 4.90 Å². The van der Waals surface area contributed by atoms with Crippen LogP contribution in [0.15, 0.2) is 18.2 Å². The molecule has 1 aromatic rings. The van der Waals surface area contributed by atoms with Gasteiger partial charge in [0.2, 0.25) is 0 Å². The van der Waals surface area contributed by atoms with Gasteiger partial charge >= 0.3 is 6.03 Å². The van der Waals surface area contributed by atoms with Gasteiger partial charge in [0, 0.05) is 34.7 Å². The number of rotatable bonds is 2. The zero-order valence-corrected chi connectivity index (χ0v) is 13.6. The number of nitrogens with zero attached hydrogens (tertiary/aromatic N) is 1. The van der Waals surface area contributed by atoms with Crippen LogP contribution in [0.2, 0.25) is 10.0 Å². The number of amides is 2. The van der Waals surface area contributed by atoms with E-state index in [-0.39, 0.29) is 12.3 Å². The Hall–Kier alpha value is -1.01. The highest BCUT2D eigenvalue weighted by Gasteiger charge is 2.31. The van der Waals surface area contributed by atoms with E-state index >= 15 is 0 Å². The van der Waals surface area contributed by atoms with E-state index in [1.807, 2.05) is 0 Å². The minimum atomic E-state index is -0.134. The first-order valence-corrected chi connectivity index (χ1v) is 8.12. The summed E-state index contributed by atoms with van der Waals surface area (Å²) in [5.74, 6) is 0.368. The van der Waals surface area contributed by atoms with Crippen LogP contribution in [0.25, 0.3) is 0 Å². The van der Waals surface area contributed by atoms with Crippen LogP contribution in [-0.4, -0.2) is 43.5 Å². The fourth-order valence-electron chi connectivity index (χ4n) is 2.85. The number of ether oxygens (including phenoxy) is 2. The normalized spacial score (nSPS) is 20.4. The number of hydrogen-bond acceptors (Lipinski definition) is 3. The van der Waals surface area contributed by atoms with Crippen LogP contribution < -0.4 is 5.32 Å². The molecule has 2 aliphatic rings. The first-order chi connectivity index (χ1) is 10.6. The number of urea groups is 1. The SMILES string of the molecule is O=C(Nc1cc(Cl)cc(Cl)c1)N1CCC(C2OCCO2)CC1. The third kappa shape index (κ3) is 3.84. The summed E-state index contributed by atoms with van der Waals surface area (Å²) >= 11 is 11.9. The van der Waals surface area contributed by atoms with Crippen molar-refractivity contribution >= 4 is 34.9 Å². The molecule has 120 valence electrons. The summed E-state index contributed by atoms with van der Waals surface area (Å²) in [4.78, 5) is 14.1. The van der Waals surface area contributed by atoms with E-state index in [0.29, 0.717) is 48.0 Å². The molecule has 0 aliphatic carbocycles. The number of benzene rings is 1. The van der Waals surface area contributed by atoms with E-state index in [1.165, 1.54) is 0 Å². The molecule has 0 radical (unpaired) electrons. The van der Waals surface area contributed by atoms with Crippen LogP contribution in [0, 0.1) is 5.92 Å². The first-order valence-electron chi connectivity index (χ1n) is 7.37. The van der Waals surface area contributed by atoms with Gasteiger partial charge in [-0.25, -0.2) is 4.79 Å². The second-order valence-corrected chi connectivity index (χ2v) is 6.40. The molecule has 0 bridgehead atoms. The standard InChI is InChI=1S/C15H18Cl2N2O3/c16-11-7-12(17)9-13(8-11)18-15(20)19-3-1-10(2-4-19)14-21-5-6-22-14/h7-10,14H,1-6H2,(H,18,20). The molecular formula is C15H18Cl2N2O3. The summed E-state index contributed by atoms with van der Waals surface area (Å²) in [5, 5.41) is 3.83. The quantitative estimate of drug-likeness (QED) is 0.891. The zero-order chi connectivity index (χ0) is 15.5. The van der Waals surface area contributed by atoms with Gasteiger partial charge in [-0.15, -0.1) is 0 Å². The van der Waals surface area contributed by atoms with Gasteiger partial charge in [0.25, 0.3) is 0 Å². The Morgan fingerprint density at radius 1 is 1.09 bits per heavy atom. The van der Waals surface area contributed by atoms with Gasteiger partial charge in [-0.1, -0.05) is 23.2 Å². The van der Waals surface area contributed by atoms with Crippen molar-refractivity contribution in [2.75, 3.05) is 31.6 Å². The molecule has 0 saturated carbocycles. The van der Waals surface area contributed by atoms with E-state index in [1.54, 1.807) is 23.1 Å². The Kier molecular flexibility index (Phi) is 5.08. The Bertz CT molecular complexity index is 521. The lowest BCUT2D eigenvalue weighted by atomic mass is 9.96. The molecule has 2 heterocycles. The first kappa shape index (κ1) is 15.9. The molecule has 3 rings (SSSR count). The lowest BCUT2D eigenvalue weighted by molar-refractivity contribution is -0.0950. The van der Waals surface area contributed by atoms with Crippen LogP contribution in [0.3, 0.4) is 0 Å². The van der Waals surface area contributed by atoms with E-state index in [4.69, 9.17) is 32.7 Å². The minimum Gasteiger partial charge on any atom is -0.350 e. The van der Waals surface area contributed by atoms with E-state index in [0.717, 1.165) is 12.8 Å². The van der Waals surface area contributed by atoms with Gasteiger partial charge in [-0.2, -0.15) is 0 Å². The Balaban J connectivity index is 1.53. The lowest BCUT2D eigenvalue weighted by Gasteiger charge is -2.33. The highest BCUT2D eigenvalue weighted by Crippen LogP contribution is 2.27. The summed E-state index contributed by atoms with van der Waals surface area (Å²) < 4.78 is 11.1. The van der Waals surface area contributed by atoms with Crippen molar-refractivity contribution in [3.63, 3.8) is 0 Å². The lowest BCUT2D eigenvalue weighted by Crippen LogP contribution is -2.43. The summed E-state index contributed by atoms with van der Waals surface area (Å²) in [5.41, 5.74) is 0.604. The second-order valence-electron chi connectivity index (χ2n) is 5.52. The Morgan fingerprint density at radius 3 is 2.27 bits per heavy atom. The van der Waals surface area contributed by atoms with Gasteiger partial charge in [0.05, 0.1) is 13.2 Å². The van der Waals surface area contributed by atoms with Gasteiger partial charge in [-0.05, 0) is 31.0 Å². The third-order valence-corrected chi connectivity index (χ3v) is 4.41. The highest BCUT2D eigenvalue weighted by atomic mass is 35.5. The largest absolute Gasteiger partial charge is 0.350 e. The van der Waals surface area contributed by atoms with Crippen molar-refractivity contribution < 1.29 is 14.3 Å². The molecule has 1 aromatic carbocycles. The molecule has 22 heavy (non-hydrogen) atoms. The molecule has 0 atom stereocenters. The van der Waals surface area contributed by atoms with Crippen LogP contribution in [-0.2, 0) is 9.47 Å². The Morgan fingerprint density at radius 2 is 1.68 bits per heavy atom. The van der Waals surface area contributed by atoms with Crippen molar-refractivity contribution in [2.24, 2.45) is 5.92 Å². The maximum Gasteiger partial charge on any atom is 0.321 e. The van der Waals surface area contributed by atoms with Crippen LogP contribution in [0.4, 0.5) is 10.5 Å². The van der Waals surface area contributed by atoms with Gasteiger partial charge in [-0.3, -0.25) is 0 Å². The molecule has 1 N–H and O–H groups in total. The summed E-state index contributed by atoms with van der Waals surface area (Å²) in [6.45, 7) is 2.71. The fraction of sp³-hybridized carbons (Fsp3) is 0.533. The van der Waals surface area contributed by atoms with Gasteiger partial charge in [0.15, 0.2) is 6.29 Å². The topological polar surface area (TPSA) is 50.8 Å². The predicted molar refractivity (Wildman–Crippen MR) is 85.5 cm³/mol. The van der Waals surface area contributed by atoms with E-state index in [9.17, 15) is 4.79 Å². The number of likely N-dealkylation sites (tertiary alicyclic amines) is 1. The maximum absolute atomic E-state index is 12.3. The summed E-state index contributed by atoms with van der Waals surface area (Å²) in [6.07, 6.45) is 1.67. The van der Waals surface area contributed by atoms with Gasteiger partial charge < -0.3 is 19.7 Å². The molecule has 2 saturated heterocycles. The summed E-state index contributed by atoms with van der Waals surface area (Å²) in [7, 11) is 0. The zero-order valence-electron chi connectivity index (χ0n) is 12.1. The predicted octanol–water partition coefficient (Wildman–Crippen LogP) is 3.61. The van der Waals surface area contributed by atoms with Crippen LogP contribution in [0.1, 0.15) is 12.8 Å². The number of nitrogens with one attached hydrogen (secondary N) is 1. The third-order valence-electron chi connectivity index (χ3n) is 3.97. The Labute approximate surface area is 139 Å². The minimum absolute atomic E-state index is 0.100. The monoisotopic (exact) mass is 344 g/mol. The molecule has 0 spiro atoms. The molecule has 5 nitrogen and oxygen atoms in total. The van der Waals surface area contributed by atoms with Crippen molar-refractivity contribution in [2.45, 2.75) is 19.1 Å². The fourth-order valence-corrected chi connectivity index (χ4v) is 3.38. The number of carbonyl (C=O) groups is 1. The molecule has 2 amide bonds. The second kappa shape index (κ2) is 7.04. The number of piperidine rings is 1. The van der Waals surface area contributed by atoms with Crippen LogP contribution >= 0.6 is 23.2 Å². The van der Waals surface area contributed by atoms with Crippen molar-refractivity contribution in [3.8, 4) is 0 Å².